The van der Waals surface area contributed by atoms with Crippen molar-refractivity contribution in [2.45, 2.75) is 19.8 Å². The Bertz CT molecular complexity index is 848. The van der Waals surface area contributed by atoms with Crippen molar-refractivity contribution >= 4 is 39.8 Å². The molecule has 5 nitrogen and oxygen atoms in total. The van der Waals surface area contributed by atoms with Crippen LogP contribution in [0.5, 0.6) is 11.6 Å². The molecule has 3 N–H and O–H groups in total. The molecule has 0 radical (unpaired) electrons. The summed E-state index contributed by atoms with van der Waals surface area (Å²) < 4.78 is 6.98. The summed E-state index contributed by atoms with van der Waals surface area (Å²) in [5.74, 6) is 2.02. The number of nitrogen functional groups attached to an aromatic ring is 1. The minimum atomic E-state index is 0.334. The van der Waals surface area contributed by atoms with Crippen LogP contribution in [-0.4, -0.2) is 9.97 Å². The van der Waals surface area contributed by atoms with Gasteiger partial charge in [-0.3, -0.25) is 0 Å². The number of ether oxygens (including phenoxy) is 1. The summed E-state index contributed by atoms with van der Waals surface area (Å²) >= 11 is 2.26. The second-order valence-electron chi connectivity index (χ2n) is 5.90. The Balaban J connectivity index is 1.79. The van der Waals surface area contributed by atoms with Crippen molar-refractivity contribution < 1.29 is 4.74 Å². The maximum absolute atomic E-state index is 6.17. The van der Waals surface area contributed by atoms with Crippen LogP contribution >= 0.6 is 22.6 Å². The van der Waals surface area contributed by atoms with Crippen LogP contribution in [0.15, 0.2) is 54.9 Å². The van der Waals surface area contributed by atoms with Gasteiger partial charge in [-0.15, -0.1) is 0 Å². The summed E-state index contributed by atoms with van der Waals surface area (Å²) in [4.78, 5) is 8.35. The third-order valence-corrected chi connectivity index (χ3v) is 4.43. The molecule has 3 rings (SSSR count). The molecule has 0 unspecified atom stereocenters. The maximum atomic E-state index is 6.17. The van der Waals surface area contributed by atoms with Crippen LogP contribution in [0.4, 0.5) is 17.2 Å². The highest BCUT2D eigenvalue weighted by atomic mass is 127. The third-order valence-electron chi connectivity index (χ3n) is 3.72. The van der Waals surface area contributed by atoms with Crippen molar-refractivity contribution in [3.05, 3.63) is 64.0 Å². The van der Waals surface area contributed by atoms with Gasteiger partial charge in [-0.2, -0.15) is 4.98 Å². The van der Waals surface area contributed by atoms with Gasteiger partial charge in [-0.1, -0.05) is 26.0 Å². The second-order valence-corrected chi connectivity index (χ2v) is 7.14. The normalized spacial score (nSPS) is 10.7. The molecule has 0 aliphatic rings. The molecule has 0 saturated carbocycles. The largest absolute Gasteiger partial charge is 0.437 e. The van der Waals surface area contributed by atoms with E-state index in [9.17, 15) is 0 Å². The molecule has 0 atom stereocenters. The van der Waals surface area contributed by atoms with Crippen LogP contribution in [-0.2, 0) is 0 Å². The Kier molecular flexibility index (Phi) is 5.37. The summed E-state index contributed by atoms with van der Waals surface area (Å²) in [7, 11) is 0. The number of nitrogens with zero attached hydrogens (tertiary/aromatic N) is 2. The molecule has 0 spiro atoms. The lowest BCUT2D eigenvalue weighted by Gasteiger charge is -2.12. The predicted molar refractivity (Wildman–Crippen MR) is 109 cm³/mol. The van der Waals surface area contributed by atoms with E-state index in [1.807, 2.05) is 48.5 Å². The molecular weight excluding hydrogens is 427 g/mol. The van der Waals surface area contributed by atoms with E-state index in [0.717, 1.165) is 9.26 Å². The van der Waals surface area contributed by atoms with Crippen LogP contribution in [0.1, 0.15) is 25.3 Å². The number of nitrogens with one attached hydrogen (secondary N) is 1. The highest BCUT2D eigenvalue weighted by Crippen LogP contribution is 2.31. The summed E-state index contributed by atoms with van der Waals surface area (Å²) in [6.07, 6.45) is 1.43. The average Bonchev–Trinajstić information content (AvgIpc) is 2.61. The molecular formula is C19H19IN4O. The van der Waals surface area contributed by atoms with Crippen molar-refractivity contribution in [3.63, 3.8) is 0 Å². The van der Waals surface area contributed by atoms with E-state index < -0.39 is 0 Å². The number of aromatic nitrogens is 2. The van der Waals surface area contributed by atoms with Crippen LogP contribution in [0.3, 0.4) is 0 Å². The van der Waals surface area contributed by atoms with E-state index in [0.29, 0.717) is 29.1 Å². The molecule has 128 valence electrons. The zero-order valence-electron chi connectivity index (χ0n) is 14.0. The highest BCUT2D eigenvalue weighted by molar-refractivity contribution is 14.1. The van der Waals surface area contributed by atoms with Gasteiger partial charge in [0.25, 0.3) is 0 Å². The molecule has 6 heteroatoms. The topological polar surface area (TPSA) is 73.1 Å². The van der Waals surface area contributed by atoms with Gasteiger partial charge < -0.3 is 15.8 Å². The van der Waals surface area contributed by atoms with E-state index in [1.54, 1.807) is 0 Å². The Labute approximate surface area is 160 Å². The van der Waals surface area contributed by atoms with E-state index in [1.165, 1.54) is 11.9 Å². The predicted octanol–water partition coefficient (Wildman–Crippen LogP) is 5.32. The van der Waals surface area contributed by atoms with Crippen molar-refractivity contribution in [1.82, 2.24) is 9.97 Å². The number of halogens is 1. The van der Waals surface area contributed by atoms with Gasteiger partial charge in [0.15, 0.2) is 5.82 Å². The smallest absolute Gasteiger partial charge is 0.248 e. The van der Waals surface area contributed by atoms with Crippen LogP contribution in [0.25, 0.3) is 0 Å². The summed E-state index contributed by atoms with van der Waals surface area (Å²) in [5, 5.41) is 3.19. The molecule has 1 heterocycles. The molecule has 0 bridgehead atoms. The number of rotatable bonds is 5. The Hall–Kier alpha value is -2.35. The zero-order valence-corrected chi connectivity index (χ0v) is 16.2. The van der Waals surface area contributed by atoms with Crippen LogP contribution in [0, 0.1) is 3.57 Å². The van der Waals surface area contributed by atoms with E-state index in [4.69, 9.17) is 10.5 Å². The zero-order chi connectivity index (χ0) is 17.8. The van der Waals surface area contributed by atoms with Gasteiger partial charge in [0.2, 0.25) is 5.88 Å². The molecule has 25 heavy (non-hydrogen) atoms. The SMILES string of the molecule is CC(C)c1ccc(Oc2ncnc(Nc3ccc(I)cc3)c2N)cc1. The second kappa shape index (κ2) is 7.69. The molecule has 1 aromatic heterocycles. The number of nitrogens with two attached hydrogens (primary N) is 1. The summed E-state index contributed by atoms with van der Waals surface area (Å²) in [6, 6.07) is 15.9. The Morgan fingerprint density at radius 1 is 1.00 bits per heavy atom. The molecule has 3 aromatic rings. The first-order valence-corrected chi connectivity index (χ1v) is 9.01. The molecule has 0 fully saturated rings. The van der Waals surface area contributed by atoms with Crippen LogP contribution < -0.4 is 15.8 Å². The van der Waals surface area contributed by atoms with E-state index in [-0.39, 0.29) is 0 Å². The lowest BCUT2D eigenvalue weighted by molar-refractivity contribution is 0.464. The minimum absolute atomic E-state index is 0.334. The Morgan fingerprint density at radius 2 is 1.68 bits per heavy atom. The van der Waals surface area contributed by atoms with Crippen molar-refractivity contribution in [1.29, 1.82) is 0 Å². The fourth-order valence-electron chi connectivity index (χ4n) is 2.26. The molecule has 0 aliphatic heterocycles. The molecule has 0 amide bonds. The van der Waals surface area contributed by atoms with Gasteiger partial charge in [-0.05, 0) is 70.5 Å². The molecule has 2 aromatic carbocycles. The first kappa shape index (κ1) is 17.5. The number of benzene rings is 2. The number of hydrogen-bond acceptors (Lipinski definition) is 5. The van der Waals surface area contributed by atoms with Gasteiger partial charge >= 0.3 is 0 Å². The fourth-order valence-corrected chi connectivity index (χ4v) is 2.62. The minimum Gasteiger partial charge on any atom is -0.437 e. The monoisotopic (exact) mass is 446 g/mol. The Morgan fingerprint density at radius 3 is 2.32 bits per heavy atom. The first-order valence-electron chi connectivity index (χ1n) is 7.94. The van der Waals surface area contributed by atoms with E-state index >= 15 is 0 Å². The lowest BCUT2D eigenvalue weighted by Crippen LogP contribution is -2.03. The van der Waals surface area contributed by atoms with Gasteiger partial charge in [-0.25, -0.2) is 4.98 Å². The highest BCUT2D eigenvalue weighted by Gasteiger charge is 2.11. The van der Waals surface area contributed by atoms with Crippen molar-refractivity contribution in [3.8, 4) is 11.6 Å². The van der Waals surface area contributed by atoms with Crippen molar-refractivity contribution in [2.75, 3.05) is 11.1 Å². The van der Waals surface area contributed by atoms with Crippen molar-refractivity contribution in [2.24, 2.45) is 0 Å². The van der Waals surface area contributed by atoms with Crippen LogP contribution in [0.2, 0.25) is 0 Å². The number of hydrogen-bond donors (Lipinski definition) is 2. The van der Waals surface area contributed by atoms with E-state index in [2.05, 4.69) is 51.7 Å². The van der Waals surface area contributed by atoms with Gasteiger partial charge in [0.05, 0.1) is 0 Å². The van der Waals surface area contributed by atoms with Gasteiger partial charge in [0, 0.05) is 9.26 Å². The molecule has 0 aliphatic carbocycles. The third kappa shape index (κ3) is 4.39. The standard InChI is InChI=1S/C19H19IN4O/c1-12(2)13-3-9-16(10-4-13)25-19-17(21)18(22-11-23-19)24-15-7-5-14(20)6-8-15/h3-12H,21H2,1-2H3,(H,22,23,24). The first-order chi connectivity index (χ1) is 12.0. The maximum Gasteiger partial charge on any atom is 0.248 e. The summed E-state index contributed by atoms with van der Waals surface area (Å²) in [5.41, 5.74) is 8.70. The fraction of sp³-hybridized carbons (Fsp3) is 0.158. The summed E-state index contributed by atoms with van der Waals surface area (Å²) in [6.45, 7) is 4.31. The lowest BCUT2D eigenvalue weighted by atomic mass is 10.0. The molecule has 0 saturated heterocycles. The quantitative estimate of drug-likeness (QED) is 0.519. The van der Waals surface area contributed by atoms with Gasteiger partial charge in [0.1, 0.15) is 17.8 Å². The average molecular weight is 446 g/mol. The number of anilines is 3.